The molecule has 2 atom stereocenters. The fraction of sp³-hybridized carbons (Fsp3) is 0.706. The maximum Gasteiger partial charge on any atom is 0.308 e. The number of carbonyl (C=O) groups excluding carboxylic acids is 1. The molecule has 140 valence electrons. The third-order valence-electron chi connectivity index (χ3n) is 4.07. The van der Waals surface area contributed by atoms with Gasteiger partial charge in [0.1, 0.15) is 16.8 Å². The minimum Gasteiger partial charge on any atom is -0.481 e. The molecule has 0 aliphatic carbocycles. The molecule has 1 aliphatic heterocycles. The van der Waals surface area contributed by atoms with E-state index < -0.39 is 11.9 Å². The van der Waals surface area contributed by atoms with E-state index in [-0.39, 0.29) is 18.6 Å². The van der Waals surface area contributed by atoms with Gasteiger partial charge in [-0.25, -0.2) is 4.98 Å². The van der Waals surface area contributed by atoms with Crippen LogP contribution in [0, 0.1) is 5.92 Å². The van der Waals surface area contributed by atoms with Crippen LogP contribution in [0.3, 0.4) is 0 Å². The molecule has 1 fully saturated rings. The van der Waals surface area contributed by atoms with Crippen molar-refractivity contribution in [1.82, 2.24) is 9.88 Å². The van der Waals surface area contributed by atoms with Gasteiger partial charge in [-0.05, 0) is 26.2 Å². The standard InChI is InChI=1S/C17H26N2O5S/c1-3-23-8-5-7-19(10-12(2)17(21)22)16(20)13-11-25-15(18-13)14-6-4-9-24-14/h11-12,14H,3-10H2,1-2H3,(H,21,22). The number of hydrogen-bond donors (Lipinski definition) is 1. The van der Waals surface area contributed by atoms with E-state index in [0.29, 0.717) is 31.9 Å². The van der Waals surface area contributed by atoms with Crippen LogP contribution in [0.5, 0.6) is 0 Å². The first-order valence-electron chi connectivity index (χ1n) is 8.69. The van der Waals surface area contributed by atoms with E-state index >= 15 is 0 Å². The fourth-order valence-electron chi connectivity index (χ4n) is 2.65. The van der Waals surface area contributed by atoms with Gasteiger partial charge in [0.05, 0.1) is 5.92 Å². The van der Waals surface area contributed by atoms with Crippen LogP contribution in [0.4, 0.5) is 0 Å². The Balaban J connectivity index is 2.03. The second-order valence-electron chi connectivity index (χ2n) is 6.11. The quantitative estimate of drug-likeness (QED) is 0.637. The summed E-state index contributed by atoms with van der Waals surface area (Å²) in [6, 6.07) is 0. The Bertz CT molecular complexity index is 571. The molecule has 0 saturated carbocycles. The molecule has 1 aliphatic rings. The van der Waals surface area contributed by atoms with E-state index in [1.54, 1.807) is 17.2 Å². The first-order chi connectivity index (χ1) is 12.0. The lowest BCUT2D eigenvalue weighted by molar-refractivity contribution is -0.141. The molecule has 0 aromatic carbocycles. The Morgan fingerprint density at radius 1 is 1.56 bits per heavy atom. The molecule has 0 radical (unpaired) electrons. The van der Waals surface area contributed by atoms with Gasteiger partial charge in [-0.3, -0.25) is 9.59 Å². The molecule has 2 heterocycles. The lowest BCUT2D eigenvalue weighted by atomic mass is 10.1. The second-order valence-corrected chi connectivity index (χ2v) is 7.00. The smallest absolute Gasteiger partial charge is 0.308 e. The molecule has 1 N–H and O–H groups in total. The summed E-state index contributed by atoms with van der Waals surface area (Å²) < 4.78 is 10.9. The molecule has 1 amide bonds. The third-order valence-corrected chi connectivity index (χ3v) is 5.01. The molecule has 25 heavy (non-hydrogen) atoms. The Labute approximate surface area is 151 Å². The molecular weight excluding hydrogens is 344 g/mol. The average Bonchev–Trinajstić information content (AvgIpc) is 3.27. The molecule has 1 aromatic rings. The van der Waals surface area contributed by atoms with Crippen LogP contribution >= 0.6 is 11.3 Å². The number of aliphatic carboxylic acids is 1. The number of nitrogens with zero attached hydrogens (tertiary/aromatic N) is 2. The highest BCUT2D eigenvalue weighted by Crippen LogP contribution is 2.30. The number of aromatic nitrogens is 1. The van der Waals surface area contributed by atoms with Crippen molar-refractivity contribution in [3.05, 3.63) is 16.1 Å². The van der Waals surface area contributed by atoms with Crippen molar-refractivity contribution in [2.75, 3.05) is 32.9 Å². The van der Waals surface area contributed by atoms with Crippen LogP contribution in [-0.4, -0.2) is 59.8 Å². The predicted molar refractivity (Wildman–Crippen MR) is 93.9 cm³/mol. The zero-order valence-corrected chi connectivity index (χ0v) is 15.6. The second kappa shape index (κ2) is 9.84. The molecule has 7 nitrogen and oxygen atoms in total. The number of carboxylic acid groups (broad SMARTS) is 1. The topological polar surface area (TPSA) is 89.0 Å². The molecule has 2 rings (SSSR count). The maximum absolute atomic E-state index is 12.8. The van der Waals surface area contributed by atoms with Crippen molar-refractivity contribution >= 4 is 23.2 Å². The molecule has 1 aromatic heterocycles. The van der Waals surface area contributed by atoms with Gasteiger partial charge in [0.2, 0.25) is 0 Å². The summed E-state index contributed by atoms with van der Waals surface area (Å²) in [6.45, 7) is 6.02. The summed E-state index contributed by atoms with van der Waals surface area (Å²) in [7, 11) is 0. The van der Waals surface area contributed by atoms with Gasteiger partial charge in [0.25, 0.3) is 5.91 Å². The highest BCUT2D eigenvalue weighted by molar-refractivity contribution is 7.09. The maximum atomic E-state index is 12.8. The van der Waals surface area contributed by atoms with Crippen LogP contribution in [0.25, 0.3) is 0 Å². The molecule has 8 heteroatoms. The van der Waals surface area contributed by atoms with Crippen LogP contribution in [-0.2, 0) is 14.3 Å². The Hall–Kier alpha value is -1.51. The lowest BCUT2D eigenvalue weighted by Crippen LogP contribution is -2.38. The molecule has 0 bridgehead atoms. The highest BCUT2D eigenvalue weighted by atomic mass is 32.1. The number of thiazole rings is 1. The minimum absolute atomic E-state index is 0.0177. The van der Waals surface area contributed by atoms with Gasteiger partial charge in [-0.1, -0.05) is 6.92 Å². The van der Waals surface area contributed by atoms with Crippen molar-refractivity contribution in [2.24, 2.45) is 5.92 Å². The zero-order valence-electron chi connectivity index (χ0n) is 14.8. The van der Waals surface area contributed by atoms with Gasteiger partial charge in [0.15, 0.2) is 0 Å². The Morgan fingerprint density at radius 3 is 3.00 bits per heavy atom. The first-order valence-corrected chi connectivity index (χ1v) is 9.57. The van der Waals surface area contributed by atoms with E-state index in [4.69, 9.17) is 14.6 Å². The largest absolute Gasteiger partial charge is 0.481 e. The van der Waals surface area contributed by atoms with Crippen LogP contribution in [0.2, 0.25) is 0 Å². The normalized spacial score (nSPS) is 18.2. The molecular formula is C17H26N2O5S. The van der Waals surface area contributed by atoms with Gasteiger partial charge in [0, 0.05) is 38.3 Å². The van der Waals surface area contributed by atoms with E-state index in [9.17, 15) is 9.59 Å². The number of hydrogen-bond acceptors (Lipinski definition) is 6. The van der Waals surface area contributed by atoms with Gasteiger partial charge in [-0.15, -0.1) is 11.3 Å². The monoisotopic (exact) mass is 370 g/mol. The van der Waals surface area contributed by atoms with Gasteiger partial charge >= 0.3 is 5.97 Å². The van der Waals surface area contributed by atoms with E-state index in [1.807, 2.05) is 6.92 Å². The number of rotatable bonds is 10. The summed E-state index contributed by atoms with van der Waals surface area (Å²) >= 11 is 1.43. The number of carboxylic acids is 1. The fourth-order valence-corrected chi connectivity index (χ4v) is 3.53. The van der Waals surface area contributed by atoms with Gasteiger partial charge in [-0.2, -0.15) is 0 Å². The van der Waals surface area contributed by atoms with Crippen molar-refractivity contribution in [2.45, 2.75) is 39.2 Å². The molecule has 1 saturated heterocycles. The Morgan fingerprint density at radius 2 is 2.36 bits per heavy atom. The third kappa shape index (κ3) is 5.76. The average molecular weight is 370 g/mol. The van der Waals surface area contributed by atoms with E-state index in [2.05, 4.69) is 4.98 Å². The summed E-state index contributed by atoms with van der Waals surface area (Å²) in [5.74, 6) is -1.78. The molecule has 0 spiro atoms. The van der Waals surface area contributed by atoms with Crippen molar-refractivity contribution < 1.29 is 24.2 Å². The summed E-state index contributed by atoms with van der Waals surface area (Å²) in [5, 5.41) is 11.7. The van der Waals surface area contributed by atoms with E-state index in [1.165, 1.54) is 11.3 Å². The highest BCUT2D eigenvalue weighted by Gasteiger charge is 2.26. The van der Waals surface area contributed by atoms with Crippen LogP contribution in [0.15, 0.2) is 5.38 Å². The van der Waals surface area contributed by atoms with E-state index in [0.717, 1.165) is 24.5 Å². The number of amides is 1. The Kier molecular flexibility index (Phi) is 7.80. The number of carbonyl (C=O) groups is 2. The van der Waals surface area contributed by atoms with Crippen LogP contribution in [0.1, 0.15) is 54.7 Å². The molecule has 2 unspecified atom stereocenters. The minimum atomic E-state index is -0.916. The zero-order chi connectivity index (χ0) is 18.2. The summed E-state index contributed by atoms with van der Waals surface area (Å²) in [6.07, 6.45) is 2.58. The lowest BCUT2D eigenvalue weighted by Gasteiger charge is -2.23. The van der Waals surface area contributed by atoms with Crippen molar-refractivity contribution in [1.29, 1.82) is 0 Å². The van der Waals surface area contributed by atoms with Crippen molar-refractivity contribution in [3.8, 4) is 0 Å². The number of ether oxygens (including phenoxy) is 2. The van der Waals surface area contributed by atoms with Crippen molar-refractivity contribution in [3.63, 3.8) is 0 Å². The predicted octanol–water partition coefficient (Wildman–Crippen LogP) is 2.58. The first kappa shape index (κ1) is 19.8. The summed E-state index contributed by atoms with van der Waals surface area (Å²) in [4.78, 5) is 29.9. The SMILES string of the molecule is CCOCCCN(CC(C)C(=O)O)C(=O)c1csc(C2CCCO2)n1. The summed E-state index contributed by atoms with van der Waals surface area (Å²) in [5.41, 5.74) is 0.365. The van der Waals surface area contributed by atoms with Crippen LogP contribution < -0.4 is 0 Å². The van der Waals surface area contributed by atoms with Gasteiger partial charge < -0.3 is 19.5 Å².